The summed E-state index contributed by atoms with van der Waals surface area (Å²) in [5, 5.41) is 0. The summed E-state index contributed by atoms with van der Waals surface area (Å²) in [6.45, 7) is 0.535. The van der Waals surface area contributed by atoms with E-state index in [0.29, 0.717) is 5.75 Å². The van der Waals surface area contributed by atoms with E-state index in [9.17, 15) is 26.4 Å². The molecule has 7 nitrogen and oxygen atoms in total. The second-order valence-corrected chi connectivity index (χ2v) is 7.85. The molecule has 2 aliphatic rings. The van der Waals surface area contributed by atoms with Crippen molar-refractivity contribution in [1.82, 2.24) is 4.31 Å². The second-order valence-electron chi connectivity index (χ2n) is 5.91. The zero-order chi connectivity index (χ0) is 19.1. The Balaban J connectivity index is 1.93. The molecule has 26 heavy (non-hydrogen) atoms. The Kier molecular flexibility index (Phi) is 4.88. The van der Waals surface area contributed by atoms with E-state index in [-0.39, 0.29) is 42.8 Å². The molecule has 11 heteroatoms. The molecule has 1 amide bonds. The minimum Gasteiger partial charge on any atom is -0.490 e. The predicted octanol–water partition coefficient (Wildman–Crippen LogP) is 1.38. The predicted molar refractivity (Wildman–Crippen MR) is 84.5 cm³/mol. The third-order valence-electron chi connectivity index (χ3n) is 4.21. The van der Waals surface area contributed by atoms with Gasteiger partial charge in [0.25, 0.3) is 0 Å². The molecule has 1 atom stereocenters. The molecule has 3 rings (SSSR count). The zero-order valence-electron chi connectivity index (χ0n) is 13.8. The van der Waals surface area contributed by atoms with Gasteiger partial charge in [-0.15, -0.1) is 0 Å². The van der Waals surface area contributed by atoms with Gasteiger partial charge in [0.05, 0.1) is 23.7 Å². The molecule has 0 N–H and O–H groups in total. The smallest absolute Gasteiger partial charge is 0.415 e. The number of alkyl halides is 3. The Labute approximate surface area is 148 Å². The van der Waals surface area contributed by atoms with Crippen LogP contribution in [0.25, 0.3) is 0 Å². The fraction of sp³-hybridized carbons (Fsp3) is 0.533. The van der Waals surface area contributed by atoms with Crippen LogP contribution in [0.5, 0.6) is 5.75 Å². The van der Waals surface area contributed by atoms with Gasteiger partial charge in [-0.05, 0) is 18.2 Å². The number of morpholine rings is 1. The summed E-state index contributed by atoms with van der Waals surface area (Å²) < 4.78 is 74.9. The highest BCUT2D eigenvalue weighted by Crippen LogP contribution is 2.35. The molecular weight excluding hydrogens is 377 g/mol. The lowest BCUT2D eigenvalue weighted by atomic mass is 10.2. The molecule has 0 bridgehead atoms. The van der Waals surface area contributed by atoms with Gasteiger partial charge in [-0.3, -0.25) is 4.79 Å². The van der Waals surface area contributed by atoms with Crippen LogP contribution >= 0.6 is 0 Å². The van der Waals surface area contributed by atoms with Crippen molar-refractivity contribution < 1.29 is 35.9 Å². The lowest BCUT2D eigenvalue weighted by molar-refractivity contribution is -0.231. The molecule has 1 fully saturated rings. The second kappa shape index (κ2) is 6.71. The number of hydrogen-bond donors (Lipinski definition) is 0. The van der Waals surface area contributed by atoms with Gasteiger partial charge in [0.2, 0.25) is 15.9 Å². The number of benzene rings is 1. The first kappa shape index (κ1) is 18.9. The van der Waals surface area contributed by atoms with Gasteiger partial charge in [0.15, 0.2) is 6.10 Å². The highest BCUT2D eigenvalue weighted by molar-refractivity contribution is 7.89. The van der Waals surface area contributed by atoms with E-state index < -0.39 is 28.8 Å². The highest BCUT2D eigenvalue weighted by atomic mass is 32.2. The molecule has 0 saturated carbocycles. The third kappa shape index (κ3) is 3.51. The maximum Gasteiger partial charge on any atom is 0.415 e. The zero-order valence-corrected chi connectivity index (χ0v) is 14.6. The fourth-order valence-electron chi connectivity index (χ4n) is 2.88. The van der Waals surface area contributed by atoms with Gasteiger partial charge in [0.1, 0.15) is 12.4 Å². The van der Waals surface area contributed by atoms with Gasteiger partial charge >= 0.3 is 6.18 Å². The van der Waals surface area contributed by atoms with E-state index in [1.54, 1.807) is 0 Å². The van der Waals surface area contributed by atoms with E-state index in [1.165, 1.54) is 30.0 Å². The van der Waals surface area contributed by atoms with Crippen LogP contribution in [0.3, 0.4) is 0 Å². The normalized spacial score (nSPS) is 21.8. The van der Waals surface area contributed by atoms with Crippen molar-refractivity contribution in [1.29, 1.82) is 0 Å². The number of halogens is 3. The number of rotatable bonds is 2. The van der Waals surface area contributed by atoms with Crippen molar-refractivity contribution in [3.63, 3.8) is 0 Å². The van der Waals surface area contributed by atoms with Crippen LogP contribution in [0.4, 0.5) is 18.9 Å². The highest BCUT2D eigenvalue weighted by Gasteiger charge is 2.46. The van der Waals surface area contributed by atoms with Crippen LogP contribution in [0.2, 0.25) is 0 Å². The molecule has 0 aliphatic carbocycles. The summed E-state index contributed by atoms with van der Waals surface area (Å²) >= 11 is 0. The standard InChI is InChI=1S/C15H17F3N2O5S/c1-10(21)20-5-7-24-13-3-2-11(8-12(13)20)26(22,23)19-4-6-25-14(9-19)15(16,17)18/h2-3,8,14H,4-7,9H2,1H3. The summed E-state index contributed by atoms with van der Waals surface area (Å²) in [5.74, 6) is 0.0631. The first-order valence-corrected chi connectivity index (χ1v) is 9.28. The Hall–Kier alpha value is -1.85. The van der Waals surface area contributed by atoms with Crippen molar-refractivity contribution in [2.24, 2.45) is 0 Å². The Morgan fingerprint density at radius 3 is 2.62 bits per heavy atom. The number of nitrogens with zero attached hydrogens (tertiary/aromatic N) is 2. The lowest BCUT2D eigenvalue weighted by Gasteiger charge is -2.33. The van der Waals surface area contributed by atoms with Crippen LogP contribution in [0, 0.1) is 0 Å². The Bertz CT molecular complexity index is 812. The fourth-order valence-corrected chi connectivity index (χ4v) is 4.32. The lowest BCUT2D eigenvalue weighted by Crippen LogP contribution is -2.51. The number of sulfonamides is 1. The summed E-state index contributed by atoms with van der Waals surface area (Å²) in [4.78, 5) is 12.9. The monoisotopic (exact) mass is 394 g/mol. The number of hydrogen-bond acceptors (Lipinski definition) is 5. The van der Waals surface area contributed by atoms with E-state index in [2.05, 4.69) is 4.74 Å². The van der Waals surface area contributed by atoms with Crippen LogP contribution in [0.1, 0.15) is 6.92 Å². The average molecular weight is 394 g/mol. The molecule has 1 aromatic carbocycles. The molecule has 2 aliphatic heterocycles. The molecule has 0 spiro atoms. The van der Waals surface area contributed by atoms with Gasteiger partial charge < -0.3 is 14.4 Å². The van der Waals surface area contributed by atoms with Gasteiger partial charge in [-0.1, -0.05) is 0 Å². The number of amides is 1. The van der Waals surface area contributed by atoms with Crippen LogP contribution in [0.15, 0.2) is 23.1 Å². The molecule has 0 radical (unpaired) electrons. The number of carbonyl (C=O) groups is 1. The van der Waals surface area contributed by atoms with Crippen molar-refractivity contribution in [3.05, 3.63) is 18.2 Å². The number of ether oxygens (including phenoxy) is 2. The molecule has 144 valence electrons. The van der Waals surface area contributed by atoms with Crippen molar-refractivity contribution in [3.8, 4) is 5.75 Å². The van der Waals surface area contributed by atoms with Crippen LogP contribution in [-0.2, 0) is 19.6 Å². The topological polar surface area (TPSA) is 76.2 Å². The first-order chi connectivity index (χ1) is 12.1. The van der Waals surface area contributed by atoms with Gasteiger partial charge in [0, 0.05) is 20.0 Å². The maximum atomic E-state index is 12.9. The minimum atomic E-state index is -4.65. The molecule has 1 aromatic rings. The SMILES string of the molecule is CC(=O)N1CCOc2ccc(S(=O)(=O)N3CCOC(C(F)(F)F)C3)cc21. The molecule has 1 unspecified atom stereocenters. The van der Waals surface area contributed by atoms with Crippen LogP contribution < -0.4 is 9.64 Å². The first-order valence-electron chi connectivity index (χ1n) is 7.84. The van der Waals surface area contributed by atoms with Gasteiger partial charge in [-0.2, -0.15) is 17.5 Å². The number of fused-ring (bicyclic) bond motifs is 1. The molecule has 0 aromatic heterocycles. The third-order valence-corrected chi connectivity index (χ3v) is 6.07. The van der Waals surface area contributed by atoms with E-state index in [0.717, 1.165) is 4.31 Å². The van der Waals surface area contributed by atoms with Gasteiger partial charge in [-0.25, -0.2) is 8.42 Å². The number of anilines is 1. The summed E-state index contributed by atoms with van der Waals surface area (Å²) in [6.07, 6.45) is -6.82. The summed E-state index contributed by atoms with van der Waals surface area (Å²) in [5.41, 5.74) is 0.283. The van der Waals surface area contributed by atoms with E-state index in [4.69, 9.17) is 4.74 Å². The minimum absolute atomic E-state index is 0.182. The van der Waals surface area contributed by atoms with Crippen molar-refractivity contribution >= 4 is 21.6 Å². The molecule has 2 heterocycles. The van der Waals surface area contributed by atoms with E-state index >= 15 is 0 Å². The Morgan fingerprint density at radius 2 is 1.96 bits per heavy atom. The number of carbonyl (C=O) groups excluding carboxylic acids is 1. The van der Waals surface area contributed by atoms with Crippen molar-refractivity contribution in [2.75, 3.05) is 37.7 Å². The van der Waals surface area contributed by atoms with Crippen LogP contribution in [-0.4, -0.2) is 63.8 Å². The molecule has 1 saturated heterocycles. The van der Waals surface area contributed by atoms with Crippen molar-refractivity contribution in [2.45, 2.75) is 24.1 Å². The maximum absolute atomic E-state index is 12.9. The average Bonchev–Trinajstić information content (AvgIpc) is 2.60. The summed E-state index contributed by atoms with van der Waals surface area (Å²) in [6, 6.07) is 3.91. The quantitative estimate of drug-likeness (QED) is 0.758. The molecular formula is C15H17F3N2O5S. The van der Waals surface area contributed by atoms with E-state index in [1.807, 2.05) is 0 Å². The Morgan fingerprint density at radius 1 is 1.23 bits per heavy atom. The summed E-state index contributed by atoms with van der Waals surface area (Å²) in [7, 11) is -4.18. The largest absolute Gasteiger partial charge is 0.490 e.